The molecule has 4 nitrogen and oxygen atoms in total. The number of hydrogen-bond donors (Lipinski definition) is 1. The van der Waals surface area contributed by atoms with Gasteiger partial charge in [-0.3, -0.25) is 4.79 Å². The van der Waals surface area contributed by atoms with Crippen LogP contribution in [-0.4, -0.2) is 12.5 Å². The Labute approximate surface area is 187 Å². The molecule has 2 aromatic carbocycles. The summed E-state index contributed by atoms with van der Waals surface area (Å²) in [6, 6.07) is 11.3. The zero-order chi connectivity index (χ0) is 22.9. The van der Waals surface area contributed by atoms with Crippen LogP contribution in [0.3, 0.4) is 0 Å². The van der Waals surface area contributed by atoms with Crippen molar-refractivity contribution in [2.45, 2.75) is 38.8 Å². The van der Waals surface area contributed by atoms with Gasteiger partial charge in [0.25, 0.3) is 5.91 Å². The quantitative estimate of drug-likeness (QED) is 0.232. The van der Waals surface area contributed by atoms with Crippen molar-refractivity contribution in [1.29, 1.82) is 5.26 Å². The Balaban J connectivity index is 2.20. The topological polar surface area (TPSA) is 62.1 Å². The molecule has 0 aliphatic rings. The third-order valence-corrected chi connectivity index (χ3v) is 4.83. The number of nitrogens with one attached hydrogen (secondary N) is 1. The lowest BCUT2D eigenvalue weighted by atomic mass is 10.1. The first-order chi connectivity index (χ1) is 14.7. The Bertz CT molecular complexity index is 982. The Kier molecular flexibility index (Phi) is 9.13. The second-order valence-corrected chi connectivity index (χ2v) is 7.71. The monoisotopic (exact) mass is 494 g/mol. The summed E-state index contributed by atoms with van der Waals surface area (Å²) in [6.45, 7) is 2.62. The summed E-state index contributed by atoms with van der Waals surface area (Å²) in [5.41, 5.74) is -0.687. The minimum Gasteiger partial charge on any atom is -0.493 e. The number of carbonyl (C=O) groups excluding carboxylic acids is 1. The van der Waals surface area contributed by atoms with Gasteiger partial charge >= 0.3 is 6.18 Å². The number of benzene rings is 2. The highest BCUT2D eigenvalue weighted by molar-refractivity contribution is 9.10. The van der Waals surface area contributed by atoms with E-state index in [0.29, 0.717) is 17.9 Å². The minimum atomic E-state index is -4.53. The highest BCUT2D eigenvalue weighted by Crippen LogP contribution is 2.31. The Morgan fingerprint density at radius 3 is 2.65 bits per heavy atom. The molecule has 0 saturated carbocycles. The van der Waals surface area contributed by atoms with Crippen LogP contribution in [0.2, 0.25) is 0 Å². The molecule has 0 radical (unpaired) electrons. The maximum atomic E-state index is 12.9. The zero-order valence-electron chi connectivity index (χ0n) is 16.9. The van der Waals surface area contributed by atoms with Gasteiger partial charge in [0, 0.05) is 15.7 Å². The molecule has 2 rings (SSSR count). The number of rotatable bonds is 9. The van der Waals surface area contributed by atoms with Crippen molar-refractivity contribution >= 4 is 33.6 Å². The van der Waals surface area contributed by atoms with Crippen LogP contribution in [0.25, 0.3) is 6.08 Å². The van der Waals surface area contributed by atoms with E-state index in [2.05, 4.69) is 28.2 Å². The molecule has 0 saturated heterocycles. The maximum absolute atomic E-state index is 12.9. The van der Waals surface area contributed by atoms with Crippen molar-refractivity contribution < 1.29 is 22.7 Å². The van der Waals surface area contributed by atoms with Crippen molar-refractivity contribution in [1.82, 2.24) is 0 Å². The summed E-state index contributed by atoms with van der Waals surface area (Å²) in [4.78, 5) is 12.5. The fraction of sp³-hybridized carbons (Fsp3) is 0.304. The van der Waals surface area contributed by atoms with Crippen LogP contribution in [0.4, 0.5) is 18.9 Å². The van der Waals surface area contributed by atoms with Gasteiger partial charge in [0.05, 0.1) is 12.2 Å². The number of carbonyl (C=O) groups is 1. The number of anilines is 1. The molecule has 0 aliphatic carbocycles. The van der Waals surface area contributed by atoms with E-state index in [1.165, 1.54) is 18.2 Å². The lowest BCUT2D eigenvalue weighted by molar-refractivity contribution is -0.137. The third kappa shape index (κ3) is 7.76. The van der Waals surface area contributed by atoms with Crippen LogP contribution in [0.1, 0.15) is 43.7 Å². The van der Waals surface area contributed by atoms with Gasteiger partial charge in [-0.15, -0.1) is 0 Å². The second-order valence-electron chi connectivity index (χ2n) is 6.79. The van der Waals surface area contributed by atoms with E-state index in [1.54, 1.807) is 24.3 Å². The summed E-state index contributed by atoms with van der Waals surface area (Å²) < 4.78 is 45.2. The molecule has 8 heteroatoms. The molecule has 31 heavy (non-hydrogen) atoms. The zero-order valence-corrected chi connectivity index (χ0v) is 18.5. The van der Waals surface area contributed by atoms with Crippen molar-refractivity contribution in [3.8, 4) is 11.8 Å². The predicted octanol–water partition coefficient (Wildman–Crippen LogP) is 6.97. The van der Waals surface area contributed by atoms with Crippen molar-refractivity contribution in [3.63, 3.8) is 0 Å². The smallest absolute Gasteiger partial charge is 0.416 e. The predicted molar refractivity (Wildman–Crippen MR) is 117 cm³/mol. The molecule has 0 fully saturated rings. The van der Waals surface area contributed by atoms with Gasteiger partial charge in [0.15, 0.2) is 0 Å². The molecule has 0 aliphatic heterocycles. The average molecular weight is 495 g/mol. The van der Waals surface area contributed by atoms with E-state index in [-0.39, 0.29) is 11.3 Å². The van der Waals surface area contributed by atoms with E-state index >= 15 is 0 Å². The van der Waals surface area contributed by atoms with Gasteiger partial charge in [-0.25, -0.2) is 0 Å². The lowest BCUT2D eigenvalue weighted by Crippen LogP contribution is -2.14. The number of hydrogen-bond acceptors (Lipinski definition) is 3. The first-order valence-corrected chi connectivity index (χ1v) is 10.6. The van der Waals surface area contributed by atoms with Crippen molar-refractivity contribution in [2.75, 3.05) is 11.9 Å². The summed E-state index contributed by atoms with van der Waals surface area (Å²) >= 11 is 3.35. The molecule has 1 amide bonds. The number of nitrogens with zero attached hydrogens (tertiary/aromatic N) is 1. The van der Waals surface area contributed by atoms with E-state index in [1.807, 2.05) is 0 Å². The third-order valence-electron chi connectivity index (χ3n) is 4.34. The number of nitriles is 1. The summed E-state index contributed by atoms with van der Waals surface area (Å²) in [5, 5.41) is 11.8. The number of amides is 1. The summed E-state index contributed by atoms with van der Waals surface area (Å²) in [7, 11) is 0. The SMILES string of the molecule is CCCCCCOc1ccc(Br)cc1/C=C(\C#N)C(=O)Nc1cccc(C(F)(F)F)c1. The molecule has 2 aromatic rings. The number of unbranched alkanes of at least 4 members (excludes halogenated alkanes) is 3. The van der Waals surface area contributed by atoms with Crippen LogP contribution in [0, 0.1) is 11.3 Å². The lowest BCUT2D eigenvalue weighted by Gasteiger charge is -2.11. The fourth-order valence-electron chi connectivity index (χ4n) is 2.75. The average Bonchev–Trinajstić information content (AvgIpc) is 2.72. The van der Waals surface area contributed by atoms with Crippen LogP contribution >= 0.6 is 15.9 Å². The highest BCUT2D eigenvalue weighted by atomic mass is 79.9. The van der Waals surface area contributed by atoms with Gasteiger partial charge in [0.2, 0.25) is 0 Å². The molecule has 0 atom stereocenters. The number of halogens is 4. The Morgan fingerprint density at radius 2 is 1.97 bits per heavy atom. The van der Waals surface area contributed by atoms with Crippen molar-refractivity contribution in [2.24, 2.45) is 0 Å². The van der Waals surface area contributed by atoms with Gasteiger partial charge in [0.1, 0.15) is 17.4 Å². The van der Waals surface area contributed by atoms with E-state index < -0.39 is 17.6 Å². The Hall–Kier alpha value is -2.79. The summed E-state index contributed by atoms with van der Waals surface area (Å²) in [5.74, 6) is -0.296. The number of alkyl halides is 3. The Morgan fingerprint density at radius 1 is 1.19 bits per heavy atom. The maximum Gasteiger partial charge on any atom is 0.416 e. The first-order valence-electron chi connectivity index (χ1n) is 9.77. The molecule has 1 N–H and O–H groups in total. The fourth-order valence-corrected chi connectivity index (χ4v) is 3.13. The van der Waals surface area contributed by atoms with Crippen LogP contribution in [-0.2, 0) is 11.0 Å². The van der Waals surface area contributed by atoms with Gasteiger partial charge in [-0.05, 0) is 48.9 Å². The van der Waals surface area contributed by atoms with Crippen LogP contribution in [0.5, 0.6) is 5.75 Å². The molecule has 0 spiro atoms. The molecular formula is C23H22BrF3N2O2. The van der Waals surface area contributed by atoms with E-state index in [4.69, 9.17) is 4.74 Å². The highest BCUT2D eigenvalue weighted by Gasteiger charge is 2.30. The molecule has 0 bridgehead atoms. The van der Waals surface area contributed by atoms with Crippen LogP contribution in [0.15, 0.2) is 52.5 Å². The minimum absolute atomic E-state index is 0.0531. The molecular weight excluding hydrogens is 473 g/mol. The van der Waals surface area contributed by atoms with E-state index in [0.717, 1.165) is 42.3 Å². The molecule has 164 valence electrons. The van der Waals surface area contributed by atoms with Gasteiger partial charge < -0.3 is 10.1 Å². The molecule has 0 unspecified atom stereocenters. The van der Waals surface area contributed by atoms with E-state index in [9.17, 15) is 23.2 Å². The van der Waals surface area contributed by atoms with Gasteiger partial charge in [-0.1, -0.05) is 48.2 Å². The standard InChI is InChI=1S/C23H22BrF3N2O2/c1-2-3-4-5-11-31-21-10-9-19(24)13-16(21)12-17(15-28)22(30)29-20-8-6-7-18(14-20)23(25,26)27/h6-10,12-14H,2-5,11H2,1H3,(H,29,30)/b17-12+. The van der Waals surface area contributed by atoms with Crippen molar-refractivity contribution in [3.05, 3.63) is 63.6 Å². The second kappa shape index (κ2) is 11.6. The normalized spacial score (nSPS) is 11.7. The van der Waals surface area contributed by atoms with Gasteiger partial charge in [-0.2, -0.15) is 18.4 Å². The molecule has 0 aromatic heterocycles. The number of ether oxygens (including phenoxy) is 1. The van der Waals surface area contributed by atoms with Crippen LogP contribution < -0.4 is 10.1 Å². The molecule has 0 heterocycles. The first kappa shape index (κ1) is 24.5. The summed E-state index contributed by atoms with van der Waals surface area (Å²) in [6.07, 6.45) is 0.974. The largest absolute Gasteiger partial charge is 0.493 e.